The monoisotopic (exact) mass is 672 g/mol. The van der Waals surface area contributed by atoms with Crippen LogP contribution in [0.2, 0.25) is 0 Å². The van der Waals surface area contributed by atoms with Crippen molar-refractivity contribution in [2.45, 2.75) is 5.92 Å². The minimum Gasteiger partial charge on any atom is -0.263 e. The first kappa shape index (κ1) is 29.0. The topological polar surface area (TPSA) is 23.6 Å². The van der Waals surface area contributed by atoms with E-state index in [9.17, 15) is 0 Å². The van der Waals surface area contributed by atoms with E-state index < -0.39 is 0 Å². The van der Waals surface area contributed by atoms with Crippen molar-refractivity contribution in [3.8, 4) is 11.1 Å². The maximum Gasteiger partial charge on any atom is 0.338 e. The van der Waals surface area contributed by atoms with Crippen molar-refractivity contribution in [1.82, 2.24) is 0 Å². The lowest BCUT2D eigenvalue weighted by Crippen LogP contribution is -2.64. The Morgan fingerprint density at radius 1 is 0.472 bits per heavy atom. The third-order valence-corrected chi connectivity index (χ3v) is 12.2. The van der Waals surface area contributed by atoms with Crippen molar-refractivity contribution >= 4 is 85.8 Å². The van der Waals surface area contributed by atoms with Gasteiger partial charge in [-0.3, -0.25) is 9.80 Å². The lowest BCUT2D eigenvalue weighted by molar-refractivity contribution is 0.255. The highest BCUT2D eigenvalue weighted by atomic mass is 16.2. The van der Waals surface area contributed by atoms with Crippen LogP contribution in [0, 0.1) is 0 Å². The number of carbonyl (C=O) groups is 1. The summed E-state index contributed by atoms with van der Waals surface area (Å²) in [6.45, 7) is -0.0930. The Morgan fingerprint density at radius 3 is 1.72 bits per heavy atom. The second kappa shape index (κ2) is 10.7. The zero-order chi connectivity index (χ0) is 34.8. The van der Waals surface area contributed by atoms with Crippen LogP contribution in [-0.2, 0) is 0 Å². The van der Waals surface area contributed by atoms with Crippen molar-refractivity contribution in [1.29, 1.82) is 0 Å². The van der Waals surface area contributed by atoms with Gasteiger partial charge >= 0.3 is 6.03 Å². The molecule has 3 aliphatic heterocycles. The third-order valence-electron chi connectivity index (χ3n) is 12.2. The summed E-state index contributed by atoms with van der Waals surface area (Å²) in [4.78, 5) is 19.8. The van der Waals surface area contributed by atoms with Gasteiger partial charge in [0.05, 0.1) is 11.4 Å². The Morgan fingerprint density at radius 2 is 1.02 bits per heavy atom. The molecular formula is C48H30B2N2O. The summed E-state index contributed by atoms with van der Waals surface area (Å²) < 4.78 is 0. The lowest BCUT2D eigenvalue weighted by atomic mass is 9.33. The van der Waals surface area contributed by atoms with Gasteiger partial charge in [-0.1, -0.05) is 175 Å². The molecule has 8 aromatic rings. The first-order chi connectivity index (χ1) is 26.3. The molecule has 4 aliphatic rings. The number of nitrogens with zero attached hydrogens (tertiary/aromatic N) is 2. The molecule has 0 saturated heterocycles. The molecule has 0 bridgehead atoms. The quantitative estimate of drug-likeness (QED) is 0.184. The molecule has 0 spiro atoms. The van der Waals surface area contributed by atoms with Crippen LogP contribution in [0.15, 0.2) is 176 Å². The summed E-state index contributed by atoms with van der Waals surface area (Å²) in [5.41, 5.74) is 17.5. The number of amides is 2. The molecule has 53 heavy (non-hydrogen) atoms. The van der Waals surface area contributed by atoms with Crippen LogP contribution in [-0.4, -0.2) is 19.5 Å². The molecular weight excluding hydrogens is 642 g/mol. The SMILES string of the molecule is O=C1N2c3ccccc3B(c3ccccc3)c3ccc4c5c(c6c(c4c32)N1c1ccccc1B6c1ccccc1)-c1ccccc1C5c1ccccc1. The number of para-hydroxylation sites is 2. The Labute approximate surface area is 308 Å². The van der Waals surface area contributed by atoms with Gasteiger partial charge in [0.2, 0.25) is 13.4 Å². The van der Waals surface area contributed by atoms with E-state index in [0.29, 0.717) is 0 Å². The normalized spacial score (nSPS) is 15.6. The number of benzene rings is 8. The predicted molar refractivity (Wildman–Crippen MR) is 222 cm³/mol. The minimum absolute atomic E-state index is 0.0192. The summed E-state index contributed by atoms with van der Waals surface area (Å²) in [5.74, 6) is 0.0414. The average molecular weight is 672 g/mol. The Kier molecular flexibility index (Phi) is 5.88. The van der Waals surface area contributed by atoms with Crippen molar-refractivity contribution in [2.24, 2.45) is 0 Å². The molecule has 1 atom stereocenters. The van der Waals surface area contributed by atoms with E-state index in [1.807, 2.05) is 4.90 Å². The van der Waals surface area contributed by atoms with Gasteiger partial charge in [-0.25, -0.2) is 4.79 Å². The summed E-state index contributed by atoms with van der Waals surface area (Å²) in [6, 6.07) is 63.4. The molecule has 3 nitrogen and oxygen atoms in total. The number of urea groups is 1. The van der Waals surface area contributed by atoms with Gasteiger partial charge in [-0.2, -0.15) is 0 Å². The lowest BCUT2D eigenvalue weighted by Gasteiger charge is -2.47. The first-order valence-corrected chi connectivity index (χ1v) is 18.5. The molecule has 12 rings (SSSR count). The van der Waals surface area contributed by atoms with Crippen LogP contribution in [0.25, 0.3) is 21.9 Å². The van der Waals surface area contributed by atoms with Crippen molar-refractivity contribution in [3.05, 3.63) is 193 Å². The zero-order valence-corrected chi connectivity index (χ0v) is 28.8. The number of hydrogen-bond donors (Lipinski definition) is 0. The maximum absolute atomic E-state index is 15.7. The van der Waals surface area contributed by atoms with Crippen LogP contribution in [0.1, 0.15) is 22.6 Å². The van der Waals surface area contributed by atoms with Crippen molar-refractivity contribution < 1.29 is 4.79 Å². The molecule has 8 aromatic carbocycles. The number of anilines is 4. The van der Waals surface area contributed by atoms with E-state index in [1.165, 1.54) is 55.1 Å². The van der Waals surface area contributed by atoms with Gasteiger partial charge < -0.3 is 0 Å². The number of hydrogen-bond acceptors (Lipinski definition) is 1. The Hall–Kier alpha value is -6.58. The second-order valence-electron chi connectivity index (χ2n) is 14.7. The fourth-order valence-electron chi connectivity index (χ4n) is 10.2. The molecule has 1 aliphatic carbocycles. The van der Waals surface area contributed by atoms with Gasteiger partial charge in [0, 0.05) is 22.7 Å². The van der Waals surface area contributed by atoms with Crippen LogP contribution in [0.3, 0.4) is 0 Å². The Balaban J connectivity index is 1.31. The molecule has 2 amide bonds. The zero-order valence-electron chi connectivity index (χ0n) is 28.8. The highest BCUT2D eigenvalue weighted by molar-refractivity contribution is 7.00. The Bertz CT molecular complexity index is 2840. The molecule has 0 radical (unpaired) electrons. The first-order valence-electron chi connectivity index (χ1n) is 18.5. The van der Waals surface area contributed by atoms with E-state index in [0.717, 1.165) is 39.1 Å². The summed E-state index contributed by atoms with van der Waals surface area (Å²) >= 11 is 0. The molecule has 0 N–H and O–H groups in total. The maximum atomic E-state index is 15.7. The van der Waals surface area contributed by atoms with Crippen LogP contribution in [0.4, 0.5) is 27.5 Å². The van der Waals surface area contributed by atoms with Crippen LogP contribution < -0.4 is 42.6 Å². The second-order valence-corrected chi connectivity index (χ2v) is 14.7. The van der Waals surface area contributed by atoms with Gasteiger partial charge in [-0.15, -0.1) is 0 Å². The van der Waals surface area contributed by atoms with Gasteiger partial charge in [0.25, 0.3) is 0 Å². The average Bonchev–Trinajstić information content (AvgIpc) is 3.57. The number of carbonyl (C=O) groups excluding carboxylic acids is 1. The van der Waals surface area contributed by atoms with E-state index in [4.69, 9.17) is 0 Å². The largest absolute Gasteiger partial charge is 0.338 e. The van der Waals surface area contributed by atoms with E-state index in [1.54, 1.807) is 0 Å². The van der Waals surface area contributed by atoms with Gasteiger partial charge in [0.1, 0.15) is 0 Å². The van der Waals surface area contributed by atoms with Crippen molar-refractivity contribution in [2.75, 3.05) is 9.80 Å². The van der Waals surface area contributed by atoms with Crippen LogP contribution >= 0.6 is 0 Å². The molecule has 5 heteroatoms. The van der Waals surface area contributed by atoms with Gasteiger partial charge in [0.15, 0.2) is 0 Å². The van der Waals surface area contributed by atoms with Gasteiger partial charge in [-0.05, 0) is 67.2 Å². The molecule has 0 saturated carbocycles. The standard InChI is InChI=1S/C48H30B2N2O/c53-48-51-39-26-14-12-24-36(39)49(31-18-6-2-7-19-31)38-29-28-35-42-41(30-16-4-1-5-17-30)33-22-10-11-23-34(33)43(42)45-47(44(35)46(38)51)52(48)40-27-15-13-25-37(40)50(45)32-20-8-3-9-21-32/h1-29,41H. The minimum atomic E-state index is -0.0737. The van der Waals surface area contributed by atoms with Crippen molar-refractivity contribution in [3.63, 3.8) is 0 Å². The van der Waals surface area contributed by atoms with E-state index >= 15 is 4.79 Å². The molecule has 0 fully saturated rings. The molecule has 1 unspecified atom stereocenters. The number of fused-ring (bicyclic) bond motifs is 9. The molecule has 0 aromatic heterocycles. The van der Waals surface area contributed by atoms with E-state index in [-0.39, 0.29) is 25.4 Å². The molecule has 244 valence electrons. The smallest absolute Gasteiger partial charge is 0.263 e. The molecule has 3 heterocycles. The highest BCUT2D eigenvalue weighted by Crippen LogP contribution is 2.56. The van der Waals surface area contributed by atoms with E-state index in [2.05, 4.69) is 181 Å². The predicted octanol–water partition coefficient (Wildman–Crippen LogP) is 7.07. The fourth-order valence-corrected chi connectivity index (χ4v) is 10.2. The number of rotatable bonds is 3. The third kappa shape index (κ3) is 3.73. The van der Waals surface area contributed by atoms with Crippen LogP contribution in [0.5, 0.6) is 0 Å². The fraction of sp³-hybridized carbons (Fsp3) is 0.0208. The summed E-state index contributed by atoms with van der Waals surface area (Å²) in [5, 5.41) is 2.37. The highest BCUT2D eigenvalue weighted by Gasteiger charge is 2.51. The summed E-state index contributed by atoms with van der Waals surface area (Å²) in [7, 11) is 0. The summed E-state index contributed by atoms with van der Waals surface area (Å²) in [6.07, 6.45) is 0.